The van der Waals surface area contributed by atoms with Crippen LogP contribution in [-0.2, 0) is 9.84 Å². The molecule has 0 saturated carbocycles. The second kappa shape index (κ2) is 6.16. The molecule has 0 aliphatic carbocycles. The zero-order chi connectivity index (χ0) is 13.1. The van der Waals surface area contributed by atoms with Crippen LogP contribution in [0.25, 0.3) is 0 Å². The second-order valence-corrected chi connectivity index (χ2v) is 7.46. The Bertz CT molecular complexity index is 329. The van der Waals surface area contributed by atoms with Crippen LogP contribution in [-0.4, -0.2) is 56.5 Å². The van der Waals surface area contributed by atoms with Gasteiger partial charge in [-0.25, -0.2) is 8.42 Å². The highest BCUT2D eigenvalue weighted by Gasteiger charge is 2.32. The van der Waals surface area contributed by atoms with Gasteiger partial charge < -0.3 is 5.32 Å². The van der Waals surface area contributed by atoms with Crippen molar-refractivity contribution in [2.75, 3.05) is 31.1 Å². The second-order valence-electron chi connectivity index (χ2n) is 5.23. The molecule has 1 fully saturated rings. The summed E-state index contributed by atoms with van der Waals surface area (Å²) in [5.41, 5.74) is 0. The Kier molecular flexibility index (Phi) is 5.41. The number of sulfone groups is 1. The molecule has 1 rings (SSSR count). The lowest BCUT2D eigenvalue weighted by atomic mass is 10.0. The molecule has 1 saturated heterocycles. The van der Waals surface area contributed by atoms with Gasteiger partial charge in [0, 0.05) is 18.6 Å². The molecule has 4 nitrogen and oxygen atoms in total. The summed E-state index contributed by atoms with van der Waals surface area (Å²) in [6.45, 7) is 11.2. The molecule has 102 valence electrons. The van der Waals surface area contributed by atoms with Gasteiger partial charge in [0.2, 0.25) is 0 Å². The Morgan fingerprint density at radius 2 is 2.06 bits per heavy atom. The molecule has 1 heterocycles. The van der Waals surface area contributed by atoms with Crippen LogP contribution in [0.2, 0.25) is 0 Å². The number of hydrogen-bond acceptors (Lipinski definition) is 4. The maximum absolute atomic E-state index is 11.5. The van der Waals surface area contributed by atoms with Crippen molar-refractivity contribution in [3.8, 4) is 0 Å². The summed E-state index contributed by atoms with van der Waals surface area (Å²) in [6, 6.07) is 0.576. The molecule has 0 aromatic heterocycles. The van der Waals surface area contributed by atoms with E-state index in [9.17, 15) is 8.42 Å². The van der Waals surface area contributed by atoms with E-state index in [1.807, 2.05) is 6.92 Å². The Morgan fingerprint density at radius 1 is 1.41 bits per heavy atom. The molecule has 0 amide bonds. The monoisotopic (exact) mass is 262 g/mol. The molecule has 0 aromatic carbocycles. The Morgan fingerprint density at radius 3 is 2.59 bits per heavy atom. The molecule has 1 N–H and O–H groups in total. The lowest BCUT2D eigenvalue weighted by molar-refractivity contribution is 0.127. The van der Waals surface area contributed by atoms with E-state index in [1.54, 1.807) is 0 Å². The molecule has 5 heteroatoms. The van der Waals surface area contributed by atoms with E-state index in [2.05, 4.69) is 31.0 Å². The van der Waals surface area contributed by atoms with Gasteiger partial charge in [-0.1, -0.05) is 13.8 Å². The molecule has 0 radical (unpaired) electrons. The summed E-state index contributed by atoms with van der Waals surface area (Å²) in [4.78, 5) is 2.34. The molecule has 1 aliphatic heterocycles. The first kappa shape index (κ1) is 14.9. The van der Waals surface area contributed by atoms with E-state index in [0.29, 0.717) is 30.0 Å². The summed E-state index contributed by atoms with van der Waals surface area (Å²) in [5, 5.41) is 3.35. The van der Waals surface area contributed by atoms with Gasteiger partial charge >= 0.3 is 0 Å². The summed E-state index contributed by atoms with van der Waals surface area (Å²) in [7, 11) is -2.80. The van der Waals surface area contributed by atoms with E-state index in [0.717, 1.165) is 13.1 Å². The van der Waals surface area contributed by atoms with Gasteiger partial charge in [0.25, 0.3) is 0 Å². The average Bonchev–Trinajstić information content (AvgIpc) is 2.23. The highest BCUT2D eigenvalue weighted by Crippen LogP contribution is 2.19. The van der Waals surface area contributed by atoms with Gasteiger partial charge in [0.1, 0.15) is 0 Å². The standard InChI is InChI=1S/C12H26N2O2S/c1-5-13-8-10(2)12(4)14-6-7-17(15,16)9-11(14)3/h10-13H,5-9H2,1-4H3. The fraction of sp³-hybridized carbons (Fsp3) is 1.00. The molecule has 1 aliphatic rings. The fourth-order valence-electron chi connectivity index (χ4n) is 2.49. The molecule has 3 atom stereocenters. The number of hydrogen-bond donors (Lipinski definition) is 1. The van der Waals surface area contributed by atoms with Gasteiger partial charge in [-0.15, -0.1) is 0 Å². The number of rotatable bonds is 5. The van der Waals surface area contributed by atoms with Crippen molar-refractivity contribution >= 4 is 9.84 Å². The summed E-state index contributed by atoms with van der Waals surface area (Å²) < 4.78 is 23.1. The molecular weight excluding hydrogens is 236 g/mol. The van der Waals surface area contributed by atoms with Crippen molar-refractivity contribution in [3.05, 3.63) is 0 Å². The van der Waals surface area contributed by atoms with Crippen molar-refractivity contribution in [1.29, 1.82) is 0 Å². The molecule has 0 bridgehead atoms. The SMILES string of the molecule is CCNCC(C)C(C)N1CCS(=O)(=O)CC1C. The normalized spacial score (nSPS) is 28.8. The molecule has 0 spiro atoms. The van der Waals surface area contributed by atoms with E-state index in [4.69, 9.17) is 0 Å². The van der Waals surface area contributed by atoms with Crippen LogP contribution in [0.5, 0.6) is 0 Å². The van der Waals surface area contributed by atoms with Crippen LogP contribution in [0.4, 0.5) is 0 Å². The fourth-order valence-corrected chi connectivity index (χ4v) is 4.07. The summed E-state index contributed by atoms with van der Waals surface area (Å²) in [6.07, 6.45) is 0. The van der Waals surface area contributed by atoms with Crippen LogP contribution in [0.15, 0.2) is 0 Å². The quantitative estimate of drug-likeness (QED) is 0.794. The van der Waals surface area contributed by atoms with Crippen molar-refractivity contribution in [2.45, 2.75) is 39.8 Å². The first-order valence-electron chi connectivity index (χ1n) is 6.54. The first-order chi connectivity index (χ1) is 7.87. The van der Waals surface area contributed by atoms with E-state index < -0.39 is 9.84 Å². The highest BCUT2D eigenvalue weighted by atomic mass is 32.2. The third-order valence-electron chi connectivity index (χ3n) is 3.78. The first-order valence-corrected chi connectivity index (χ1v) is 8.36. The van der Waals surface area contributed by atoms with E-state index in [-0.39, 0.29) is 6.04 Å². The molecule has 3 unspecified atom stereocenters. The molecule has 0 aromatic rings. The van der Waals surface area contributed by atoms with E-state index in [1.165, 1.54) is 0 Å². The van der Waals surface area contributed by atoms with Gasteiger partial charge in [-0.3, -0.25) is 4.90 Å². The van der Waals surface area contributed by atoms with Crippen LogP contribution in [0, 0.1) is 5.92 Å². The van der Waals surface area contributed by atoms with Gasteiger partial charge in [0.05, 0.1) is 11.5 Å². The lowest BCUT2D eigenvalue weighted by Crippen LogP contribution is -2.53. The van der Waals surface area contributed by atoms with Crippen molar-refractivity contribution in [3.63, 3.8) is 0 Å². The van der Waals surface area contributed by atoms with E-state index >= 15 is 0 Å². The smallest absolute Gasteiger partial charge is 0.153 e. The van der Waals surface area contributed by atoms with Crippen molar-refractivity contribution in [2.24, 2.45) is 5.92 Å². The Hall–Kier alpha value is -0.130. The van der Waals surface area contributed by atoms with Gasteiger partial charge in [-0.2, -0.15) is 0 Å². The average molecular weight is 262 g/mol. The third-order valence-corrected chi connectivity index (χ3v) is 5.58. The van der Waals surface area contributed by atoms with Crippen molar-refractivity contribution < 1.29 is 8.42 Å². The van der Waals surface area contributed by atoms with Crippen LogP contribution >= 0.6 is 0 Å². The highest BCUT2D eigenvalue weighted by molar-refractivity contribution is 7.91. The minimum Gasteiger partial charge on any atom is -0.317 e. The molecule has 17 heavy (non-hydrogen) atoms. The maximum atomic E-state index is 11.5. The Labute approximate surface area is 106 Å². The lowest BCUT2D eigenvalue weighted by Gasteiger charge is -2.40. The van der Waals surface area contributed by atoms with Crippen LogP contribution in [0.3, 0.4) is 0 Å². The number of nitrogens with zero attached hydrogens (tertiary/aromatic N) is 1. The third kappa shape index (κ3) is 4.23. The Balaban J connectivity index is 2.55. The zero-order valence-corrected chi connectivity index (χ0v) is 12.3. The summed E-state index contributed by atoms with van der Waals surface area (Å²) in [5.74, 6) is 1.17. The van der Waals surface area contributed by atoms with Crippen LogP contribution < -0.4 is 5.32 Å². The predicted molar refractivity (Wildman–Crippen MR) is 72.0 cm³/mol. The number of nitrogens with one attached hydrogen (secondary N) is 1. The zero-order valence-electron chi connectivity index (χ0n) is 11.4. The minimum atomic E-state index is -2.80. The van der Waals surface area contributed by atoms with Crippen molar-refractivity contribution in [1.82, 2.24) is 10.2 Å². The maximum Gasteiger partial charge on any atom is 0.153 e. The van der Waals surface area contributed by atoms with Crippen LogP contribution in [0.1, 0.15) is 27.7 Å². The van der Waals surface area contributed by atoms with Gasteiger partial charge in [-0.05, 0) is 32.9 Å². The topological polar surface area (TPSA) is 49.4 Å². The minimum absolute atomic E-state index is 0.146. The summed E-state index contributed by atoms with van der Waals surface area (Å²) >= 11 is 0. The largest absolute Gasteiger partial charge is 0.317 e. The van der Waals surface area contributed by atoms with Gasteiger partial charge in [0.15, 0.2) is 9.84 Å². The molecular formula is C12H26N2O2S. The predicted octanol–water partition coefficient (Wildman–Crippen LogP) is 0.739.